The first kappa shape index (κ1) is 18.0. The molecule has 0 saturated carbocycles. The number of rotatable bonds is 4. The highest BCUT2D eigenvalue weighted by Crippen LogP contribution is 2.30. The molecule has 0 saturated heterocycles. The van der Waals surface area contributed by atoms with Crippen LogP contribution < -0.4 is 4.72 Å². The lowest BCUT2D eigenvalue weighted by Crippen LogP contribution is -2.14. The van der Waals surface area contributed by atoms with Crippen LogP contribution in [0.25, 0.3) is 11.0 Å². The molecule has 1 heterocycles. The van der Waals surface area contributed by atoms with Crippen molar-refractivity contribution >= 4 is 32.6 Å². The Morgan fingerprint density at radius 2 is 1.65 bits per heavy atom. The molecule has 2 aromatic carbocycles. The predicted octanol–water partition coefficient (Wildman–Crippen LogP) is 4.17. The number of aromatic carboxylic acids is 1. The van der Waals surface area contributed by atoms with E-state index in [0.717, 1.165) is 11.1 Å². The number of carboxylic acids is 1. The molecule has 7 heteroatoms. The van der Waals surface area contributed by atoms with Gasteiger partial charge >= 0.3 is 5.97 Å². The summed E-state index contributed by atoms with van der Waals surface area (Å²) in [6.07, 6.45) is 0. The predicted molar refractivity (Wildman–Crippen MR) is 99.4 cm³/mol. The number of fused-ring (bicyclic) bond motifs is 1. The molecule has 0 aliphatic rings. The van der Waals surface area contributed by atoms with Crippen LogP contribution in [0.3, 0.4) is 0 Å². The molecular weight excluding hydrogens is 354 g/mol. The highest BCUT2D eigenvalue weighted by Gasteiger charge is 2.21. The number of carbonyl (C=O) groups is 1. The Morgan fingerprint density at radius 3 is 2.31 bits per heavy atom. The van der Waals surface area contributed by atoms with Crippen LogP contribution >= 0.6 is 0 Å². The van der Waals surface area contributed by atoms with Crippen LogP contribution in [0, 0.1) is 27.7 Å². The van der Waals surface area contributed by atoms with Gasteiger partial charge in [0.15, 0.2) is 0 Å². The summed E-state index contributed by atoms with van der Waals surface area (Å²) < 4.78 is 33.5. The Kier molecular flexibility index (Phi) is 4.28. The minimum absolute atomic E-state index is 0.0309. The molecule has 6 nitrogen and oxygen atoms in total. The second kappa shape index (κ2) is 6.17. The van der Waals surface area contributed by atoms with E-state index in [-0.39, 0.29) is 21.9 Å². The Bertz CT molecular complexity index is 1140. The molecule has 136 valence electrons. The number of anilines is 1. The normalized spacial score (nSPS) is 11.7. The van der Waals surface area contributed by atoms with Gasteiger partial charge in [0, 0.05) is 11.1 Å². The van der Waals surface area contributed by atoms with Crippen LogP contribution in [-0.2, 0) is 10.0 Å². The molecule has 2 N–H and O–H groups in total. The van der Waals surface area contributed by atoms with Gasteiger partial charge in [-0.2, -0.15) is 0 Å². The van der Waals surface area contributed by atoms with Crippen LogP contribution in [0.4, 0.5) is 5.69 Å². The summed E-state index contributed by atoms with van der Waals surface area (Å²) in [5.74, 6) is -0.844. The van der Waals surface area contributed by atoms with Crippen LogP contribution in [0.5, 0.6) is 0 Å². The first-order valence-corrected chi connectivity index (χ1v) is 9.45. The van der Waals surface area contributed by atoms with E-state index < -0.39 is 16.0 Å². The topological polar surface area (TPSA) is 96.6 Å². The van der Waals surface area contributed by atoms with Gasteiger partial charge in [-0.25, -0.2) is 13.2 Å². The smallest absolute Gasteiger partial charge is 0.339 e. The fourth-order valence-electron chi connectivity index (χ4n) is 2.98. The van der Waals surface area contributed by atoms with E-state index in [9.17, 15) is 18.3 Å². The van der Waals surface area contributed by atoms with Crippen molar-refractivity contribution in [3.63, 3.8) is 0 Å². The third-order valence-corrected chi connectivity index (χ3v) is 5.93. The summed E-state index contributed by atoms with van der Waals surface area (Å²) in [6, 6.07) is 8.04. The van der Waals surface area contributed by atoms with Crippen molar-refractivity contribution in [2.24, 2.45) is 0 Å². The summed E-state index contributed by atoms with van der Waals surface area (Å²) in [7, 11) is -3.81. The van der Waals surface area contributed by atoms with Gasteiger partial charge in [-0.1, -0.05) is 6.07 Å². The SMILES string of the molecule is Cc1cc(C)c(S(=O)(=O)Nc2ccc3oc(C)c(C(=O)O)c3c2)cc1C. The molecule has 3 rings (SSSR count). The standard InChI is InChI=1S/C19H19NO5S/c1-10-7-12(3)17(8-11(10)2)26(23,24)20-14-5-6-16-15(9-14)18(19(21)22)13(4)25-16/h5-9,20H,1-4H3,(H,21,22). The van der Waals surface area contributed by atoms with E-state index in [1.807, 2.05) is 19.9 Å². The number of aryl methyl sites for hydroxylation is 4. The first-order chi connectivity index (χ1) is 12.1. The molecule has 0 unspecified atom stereocenters. The fraction of sp³-hybridized carbons (Fsp3) is 0.211. The first-order valence-electron chi connectivity index (χ1n) is 7.97. The summed E-state index contributed by atoms with van der Waals surface area (Å²) >= 11 is 0. The number of nitrogens with one attached hydrogen (secondary N) is 1. The molecular formula is C19H19NO5S. The van der Waals surface area contributed by atoms with Gasteiger partial charge in [0.1, 0.15) is 16.9 Å². The van der Waals surface area contributed by atoms with Gasteiger partial charge in [0.05, 0.1) is 4.90 Å². The minimum Gasteiger partial charge on any atom is -0.478 e. The molecule has 0 bridgehead atoms. The number of furan rings is 1. The Balaban J connectivity index is 2.07. The minimum atomic E-state index is -3.81. The average Bonchev–Trinajstić information content (AvgIpc) is 2.85. The number of carboxylic acid groups (broad SMARTS) is 1. The van der Waals surface area contributed by atoms with Crippen LogP contribution in [-0.4, -0.2) is 19.5 Å². The zero-order valence-corrected chi connectivity index (χ0v) is 15.7. The van der Waals surface area contributed by atoms with Gasteiger partial charge in [0.2, 0.25) is 0 Å². The second-order valence-corrected chi connectivity index (χ2v) is 8.01. The monoisotopic (exact) mass is 373 g/mol. The van der Waals surface area contributed by atoms with Gasteiger partial charge in [-0.05, 0) is 68.7 Å². The lowest BCUT2D eigenvalue weighted by molar-refractivity contribution is 0.0697. The molecule has 0 radical (unpaired) electrons. The van der Waals surface area contributed by atoms with Gasteiger partial charge < -0.3 is 9.52 Å². The largest absolute Gasteiger partial charge is 0.478 e. The van der Waals surface area contributed by atoms with Gasteiger partial charge in [-0.15, -0.1) is 0 Å². The van der Waals surface area contributed by atoms with Crippen molar-refractivity contribution in [3.05, 3.63) is 58.3 Å². The quantitative estimate of drug-likeness (QED) is 0.715. The van der Waals surface area contributed by atoms with E-state index in [1.54, 1.807) is 32.0 Å². The van der Waals surface area contributed by atoms with Crippen LogP contribution in [0.2, 0.25) is 0 Å². The van der Waals surface area contributed by atoms with Crippen molar-refractivity contribution in [3.8, 4) is 0 Å². The fourth-order valence-corrected chi connectivity index (χ4v) is 4.34. The molecule has 0 aliphatic heterocycles. The Hall–Kier alpha value is -2.80. The molecule has 1 aromatic heterocycles. The van der Waals surface area contributed by atoms with Crippen LogP contribution in [0.15, 0.2) is 39.6 Å². The number of benzene rings is 2. The third-order valence-electron chi connectivity index (χ3n) is 4.41. The van der Waals surface area contributed by atoms with Crippen molar-refractivity contribution in [1.29, 1.82) is 0 Å². The summed E-state index contributed by atoms with van der Waals surface area (Å²) in [5, 5.41) is 9.70. The Morgan fingerprint density at radius 1 is 1.00 bits per heavy atom. The summed E-state index contributed by atoms with van der Waals surface area (Å²) in [6.45, 7) is 7.08. The molecule has 0 spiro atoms. The number of hydrogen-bond donors (Lipinski definition) is 2. The highest BCUT2D eigenvalue weighted by atomic mass is 32.2. The highest BCUT2D eigenvalue weighted by molar-refractivity contribution is 7.92. The molecule has 0 fully saturated rings. The van der Waals surface area contributed by atoms with Crippen molar-refractivity contribution in [1.82, 2.24) is 0 Å². The van der Waals surface area contributed by atoms with E-state index >= 15 is 0 Å². The third kappa shape index (κ3) is 3.06. The molecule has 0 amide bonds. The van der Waals surface area contributed by atoms with E-state index in [1.165, 1.54) is 6.07 Å². The maximum atomic E-state index is 12.8. The lowest BCUT2D eigenvalue weighted by atomic mass is 10.1. The van der Waals surface area contributed by atoms with Gasteiger partial charge in [-0.3, -0.25) is 4.72 Å². The van der Waals surface area contributed by atoms with Gasteiger partial charge in [0.25, 0.3) is 10.0 Å². The van der Waals surface area contributed by atoms with E-state index in [0.29, 0.717) is 16.5 Å². The summed E-state index contributed by atoms with van der Waals surface area (Å²) in [4.78, 5) is 11.6. The zero-order valence-electron chi connectivity index (χ0n) is 14.9. The van der Waals surface area contributed by atoms with E-state index in [2.05, 4.69) is 4.72 Å². The molecule has 0 atom stereocenters. The molecule has 26 heavy (non-hydrogen) atoms. The van der Waals surface area contributed by atoms with Crippen LogP contribution in [0.1, 0.15) is 32.8 Å². The van der Waals surface area contributed by atoms with Crippen molar-refractivity contribution in [2.75, 3.05) is 4.72 Å². The van der Waals surface area contributed by atoms with E-state index in [4.69, 9.17) is 4.42 Å². The number of sulfonamides is 1. The lowest BCUT2D eigenvalue weighted by Gasteiger charge is -2.12. The molecule has 0 aliphatic carbocycles. The van der Waals surface area contributed by atoms with Crippen molar-refractivity contribution < 1.29 is 22.7 Å². The van der Waals surface area contributed by atoms with Crippen molar-refractivity contribution in [2.45, 2.75) is 32.6 Å². The molecule has 3 aromatic rings. The summed E-state index contributed by atoms with van der Waals surface area (Å²) in [5.41, 5.74) is 3.24. The Labute approximate surface area is 151 Å². The second-order valence-electron chi connectivity index (χ2n) is 6.36. The zero-order chi connectivity index (χ0) is 19.2. The number of hydrogen-bond acceptors (Lipinski definition) is 4. The average molecular weight is 373 g/mol. The maximum Gasteiger partial charge on any atom is 0.339 e. The maximum absolute atomic E-state index is 12.8.